The molecule has 1 rings (SSSR count). The molecule has 106 valence electrons. The van der Waals surface area contributed by atoms with Crippen LogP contribution in [0.5, 0.6) is 0 Å². The maximum atomic E-state index is 11.7. The smallest absolute Gasteiger partial charge is 0.319 e. The third-order valence-electron chi connectivity index (χ3n) is 3.13. The van der Waals surface area contributed by atoms with Crippen LogP contribution >= 0.6 is 0 Å². The summed E-state index contributed by atoms with van der Waals surface area (Å²) in [6.45, 7) is 4.59. The molecule has 4 N–H and O–H groups in total. The normalized spacial score (nSPS) is 14.0. The zero-order valence-corrected chi connectivity index (χ0v) is 12.1. The molecule has 19 heavy (non-hydrogen) atoms. The number of carbonyl (C=O) groups is 1. The highest BCUT2D eigenvalue weighted by molar-refractivity contribution is 5.89. The van der Waals surface area contributed by atoms with Gasteiger partial charge >= 0.3 is 6.03 Å². The zero-order chi connectivity index (χ0) is 14.4. The SMILES string of the molecule is CC(N)c1ccc(NC(=O)NCC(C)N(C)C)cc1. The highest BCUT2D eigenvalue weighted by Crippen LogP contribution is 2.13. The van der Waals surface area contributed by atoms with Gasteiger partial charge in [0.15, 0.2) is 0 Å². The summed E-state index contributed by atoms with van der Waals surface area (Å²) in [6.07, 6.45) is 0. The van der Waals surface area contributed by atoms with Gasteiger partial charge in [0, 0.05) is 24.3 Å². The average molecular weight is 264 g/mol. The van der Waals surface area contributed by atoms with Gasteiger partial charge in [0.2, 0.25) is 0 Å². The minimum Gasteiger partial charge on any atom is -0.336 e. The second-order valence-electron chi connectivity index (χ2n) is 5.06. The summed E-state index contributed by atoms with van der Waals surface area (Å²) in [5, 5.41) is 5.63. The molecule has 0 saturated carbocycles. The third-order valence-corrected chi connectivity index (χ3v) is 3.13. The third kappa shape index (κ3) is 5.28. The number of urea groups is 1. The highest BCUT2D eigenvalue weighted by Gasteiger charge is 2.07. The molecule has 1 aromatic rings. The van der Waals surface area contributed by atoms with Gasteiger partial charge in [-0.05, 0) is 45.6 Å². The molecule has 0 spiro atoms. The van der Waals surface area contributed by atoms with E-state index in [1.165, 1.54) is 0 Å². The van der Waals surface area contributed by atoms with Crippen LogP contribution in [0.15, 0.2) is 24.3 Å². The molecule has 0 saturated heterocycles. The number of hydrogen-bond acceptors (Lipinski definition) is 3. The predicted molar refractivity (Wildman–Crippen MR) is 79.2 cm³/mol. The molecule has 2 unspecified atom stereocenters. The number of nitrogens with one attached hydrogen (secondary N) is 2. The van der Waals surface area contributed by atoms with Gasteiger partial charge in [-0.2, -0.15) is 0 Å². The van der Waals surface area contributed by atoms with Crippen LogP contribution in [0.2, 0.25) is 0 Å². The molecule has 0 radical (unpaired) electrons. The molecule has 5 nitrogen and oxygen atoms in total. The Balaban J connectivity index is 2.44. The first-order valence-corrected chi connectivity index (χ1v) is 6.47. The predicted octanol–water partition coefficient (Wildman–Crippen LogP) is 1.78. The maximum absolute atomic E-state index is 11.7. The first-order chi connectivity index (χ1) is 8.90. The Morgan fingerprint density at radius 3 is 2.32 bits per heavy atom. The number of benzene rings is 1. The highest BCUT2D eigenvalue weighted by atomic mass is 16.2. The lowest BCUT2D eigenvalue weighted by Gasteiger charge is -2.20. The monoisotopic (exact) mass is 264 g/mol. The number of likely N-dealkylation sites (N-methyl/N-ethyl adjacent to an activating group) is 1. The van der Waals surface area contributed by atoms with Crippen LogP contribution in [0, 0.1) is 0 Å². The Morgan fingerprint density at radius 2 is 1.84 bits per heavy atom. The van der Waals surface area contributed by atoms with Crippen LogP contribution in [0.3, 0.4) is 0 Å². The molecule has 2 amide bonds. The molecule has 0 heterocycles. The second kappa shape index (κ2) is 7.11. The fourth-order valence-electron chi connectivity index (χ4n) is 1.47. The number of nitrogens with two attached hydrogens (primary N) is 1. The quantitative estimate of drug-likeness (QED) is 0.759. The lowest BCUT2D eigenvalue weighted by molar-refractivity contribution is 0.245. The minimum atomic E-state index is -0.192. The van der Waals surface area contributed by atoms with E-state index in [4.69, 9.17) is 5.73 Å². The van der Waals surface area contributed by atoms with Crippen molar-refractivity contribution >= 4 is 11.7 Å². The van der Waals surface area contributed by atoms with Gasteiger partial charge in [-0.3, -0.25) is 0 Å². The summed E-state index contributed by atoms with van der Waals surface area (Å²) in [4.78, 5) is 13.7. The molecule has 0 aliphatic heterocycles. The number of carbonyl (C=O) groups excluding carboxylic acids is 1. The lowest BCUT2D eigenvalue weighted by atomic mass is 10.1. The topological polar surface area (TPSA) is 70.4 Å². The molecule has 2 atom stereocenters. The van der Waals surface area contributed by atoms with Gasteiger partial charge in [0.25, 0.3) is 0 Å². The van der Waals surface area contributed by atoms with E-state index in [-0.39, 0.29) is 12.1 Å². The number of nitrogens with zero attached hydrogens (tertiary/aromatic N) is 1. The molecule has 5 heteroatoms. The van der Waals surface area contributed by atoms with Crippen molar-refractivity contribution < 1.29 is 4.79 Å². The van der Waals surface area contributed by atoms with Crippen molar-refractivity contribution in [1.82, 2.24) is 10.2 Å². The Kier molecular flexibility index (Phi) is 5.79. The fraction of sp³-hybridized carbons (Fsp3) is 0.500. The first kappa shape index (κ1) is 15.5. The molecule has 1 aromatic carbocycles. The Bertz CT molecular complexity index is 400. The lowest BCUT2D eigenvalue weighted by Crippen LogP contribution is -2.40. The Hall–Kier alpha value is -1.59. The average Bonchev–Trinajstić information content (AvgIpc) is 2.36. The van der Waals surface area contributed by atoms with Crippen molar-refractivity contribution in [2.24, 2.45) is 5.73 Å². The Morgan fingerprint density at radius 1 is 1.26 bits per heavy atom. The van der Waals surface area contributed by atoms with Crippen LogP contribution in [0.4, 0.5) is 10.5 Å². The van der Waals surface area contributed by atoms with Crippen LogP contribution < -0.4 is 16.4 Å². The molecule has 0 aliphatic carbocycles. The summed E-state index contributed by atoms with van der Waals surface area (Å²) < 4.78 is 0. The summed E-state index contributed by atoms with van der Waals surface area (Å²) >= 11 is 0. The molecule has 0 aliphatic rings. The van der Waals surface area contributed by atoms with Crippen molar-refractivity contribution in [1.29, 1.82) is 0 Å². The van der Waals surface area contributed by atoms with E-state index in [1.807, 2.05) is 45.3 Å². The molecule has 0 bridgehead atoms. The van der Waals surface area contributed by atoms with Crippen molar-refractivity contribution in [2.75, 3.05) is 26.0 Å². The first-order valence-electron chi connectivity index (χ1n) is 6.47. The summed E-state index contributed by atoms with van der Waals surface area (Å²) in [5.41, 5.74) is 7.58. The van der Waals surface area contributed by atoms with Crippen LogP contribution in [-0.2, 0) is 0 Å². The fourth-order valence-corrected chi connectivity index (χ4v) is 1.47. The van der Waals surface area contributed by atoms with Crippen LogP contribution in [0.25, 0.3) is 0 Å². The summed E-state index contributed by atoms with van der Waals surface area (Å²) in [6, 6.07) is 7.66. The van der Waals surface area contributed by atoms with Gasteiger partial charge in [0.1, 0.15) is 0 Å². The van der Waals surface area contributed by atoms with Crippen molar-refractivity contribution in [2.45, 2.75) is 25.9 Å². The number of amides is 2. The van der Waals surface area contributed by atoms with Gasteiger partial charge in [-0.1, -0.05) is 12.1 Å². The standard InChI is InChI=1S/C14H24N4O/c1-10(18(3)4)9-16-14(19)17-13-7-5-12(6-8-13)11(2)15/h5-8,10-11H,9,15H2,1-4H3,(H2,16,17,19). The van der Waals surface area contributed by atoms with E-state index in [9.17, 15) is 4.79 Å². The van der Waals surface area contributed by atoms with E-state index in [2.05, 4.69) is 22.5 Å². The summed E-state index contributed by atoms with van der Waals surface area (Å²) in [5.74, 6) is 0. The van der Waals surface area contributed by atoms with E-state index in [0.29, 0.717) is 12.6 Å². The number of hydrogen-bond donors (Lipinski definition) is 3. The van der Waals surface area contributed by atoms with Crippen LogP contribution in [0.1, 0.15) is 25.5 Å². The van der Waals surface area contributed by atoms with Crippen LogP contribution in [-0.4, -0.2) is 37.6 Å². The molecular formula is C14H24N4O. The summed E-state index contributed by atoms with van der Waals surface area (Å²) in [7, 11) is 3.97. The molecule has 0 fully saturated rings. The van der Waals surface area contributed by atoms with E-state index in [1.54, 1.807) is 0 Å². The van der Waals surface area contributed by atoms with Crippen molar-refractivity contribution in [3.63, 3.8) is 0 Å². The second-order valence-corrected chi connectivity index (χ2v) is 5.06. The maximum Gasteiger partial charge on any atom is 0.319 e. The largest absolute Gasteiger partial charge is 0.336 e. The number of anilines is 1. The molecule has 0 aromatic heterocycles. The van der Waals surface area contributed by atoms with Crippen molar-refractivity contribution in [3.8, 4) is 0 Å². The zero-order valence-electron chi connectivity index (χ0n) is 12.1. The minimum absolute atomic E-state index is 0.00353. The number of rotatable bonds is 5. The van der Waals surface area contributed by atoms with E-state index in [0.717, 1.165) is 11.3 Å². The van der Waals surface area contributed by atoms with E-state index >= 15 is 0 Å². The van der Waals surface area contributed by atoms with Crippen molar-refractivity contribution in [3.05, 3.63) is 29.8 Å². The van der Waals surface area contributed by atoms with E-state index < -0.39 is 0 Å². The van der Waals surface area contributed by atoms with Gasteiger partial charge in [-0.25, -0.2) is 4.79 Å². The molecular weight excluding hydrogens is 240 g/mol. The van der Waals surface area contributed by atoms with Gasteiger partial charge in [-0.15, -0.1) is 0 Å². The van der Waals surface area contributed by atoms with Gasteiger partial charge < -0.3 is 21.3 Å². The van der Waals surface area contributed by atoms with Gasteiger partial charge in [0.05, 0.1) is 0 Å². The Labute approximate surface area is 115 Å².